The second kappa shape index (κ2) is 7.27. The molecule has 1 aromatic heterocycles. The van der Waals surface area contributed by atoms with Gasteiger partial charge in [0, 0.05) is 16.4 Å². The Morgan fingerprint density at radius 3 is 2.16 bits per heavy atom. The summed E-state index contributed by atoms with van der Waals surface area (Å²) in [5, 5.41) is 7.01. The molecule has 0 spiro atoms. The lowest BCUT2D eigenvalue weighted by atomic mass is 10.2. The minimum Gasteiger partial charge on any atom is -0.497 e. The van der Waals surface area contributed by atoms with E-state index in [2.05, 4.69) is 20.6 Å². The van der Waals surface area contributed by atoms with E-state index in [1.54, 1.807) is 7.11 Å². The number of rotatable bonds is 5. The molecule has 0 aliphatic carbocycles. The van der Waals surface area contributed by atoms with Crippen LogP contribution in [0.1, 0.15) is 5.56 Å². The van der Waals surface area contributed by atoms with Gasteiger partial charge in [-0.3, -0.25) is 0 Å². The molecule has 2 aromatic carbocycles. The number of nitrogens with two attached hydrogens (primary N) is 1. The number of aryl methyl sites for hydroxylation is 1. The summed E-state index contributed by atoms with van der Waals surface area (Å²) < 4.78 is 5.15. The summed E-state index contributed by atoms with van der Waals surface area (Å²) in [5.74, 6) is 1.80. The highest BCUT2D eigenvalue weighted by Gasteiger charge is 2.09. The minimum absolute atomic E-state index is 0.412. The molecule has 0 amide bonds. The molecular formula is C18H18ClN5O. The first-order valence-electron chi connectivity index (χ1n) is 7.61. The second-order valence-electron chi connectivity index (χ2n) is 5.43. The van der Waals surface area contributed by atoms with Crippen LogP contribution in [-0.2, 0) is 0 Å². The van der Waals surface area contributed by atoms with Crippen LogP contribution >= 0.6 is 11.6 Å². The highest BCUT2D eigenvalue weighted by Crippen LogP contribution is 2.30. The quantitative estimate of drug-likeness (QED) is 0.624. The molecule has 0 saturated heterocycles. The number of hydrogen-bond acceptors (Lipinski definition) is 6. The summed E-state index contributed by atoms with van der Waals surface area (Å²) in [7, 11) is 1.63. The molecule has 3 aromatic rings. The number of hydrogen-bond donors (Lipinski definition) is 3. The van der Waals surface area contributed by atoms with Crippen molar-refractivity contribution >= 4 is 40.3 Å². The number of nitrogens with one attached hydrogen (secondary N) is 2. The van der Waals surface area contributed by atoms with E-state index < -0.39 is 0 Å². The summed E-state index contributed by atoms with van der Waals surface area (Å²) >= 11 is 6.16. The van der Waals surface area contributed by atoms with Crippen LogP contribution in [0.15, 0.2) is 48.8 Å². The van der Waals surface area contributed by atoms with E-state index in [4.69, 9.17) is 22.1 Å². The molecule has 0 saturated carbocycles. The van der Waals surface area contributed by atoms with Crippen molar-refractivity contribution in [3.05, 3.63) is 59.4 Å². The largest absolute Gasteiger partial charge is 0.497 e. The van der Waals surface area contributed by atoms with Crippen LogP contribution in [0, 0.1) is 6.92 Å². The van der Waals surface area contributed by atoms with Crippen LogP contribution in [0.25, 0.3) is 0 Å². The van der Waals surface area contributed by atoms with Crippen LogP contribution in [0.2, 0.25) is 5.02 Å². The summed E-state index contributed by atoms with van der Waals surface area (Å²) in [5.41, 5.74) is 9.26. The standard InChI is InChI=1S/C18H18ClN5O/c1-11-3-4-13(9-15(11)19)24-18-16(20)17(21-10-22-18)23-12-5-7-14(25-2)8-6-12/h3-10H,20H2,1-2H3,(H2,21,22,23,24). The Morgan fingerprint density at radius 2 is 1.56 bits per heavy atom. The molecule has 25 heavy (non-hydrogen) atoms. The number of methoxy groups -OCH3 is 1. The monoisotopic (exact) mass is 355 g/mol. The minimum atomic E-state index is 0.412. The fourth-order valence-electron chi connectivity index (χ4n) is 2.21. The molecular weight excluding hydrogens is 338 g/mol. The van der Waals surface area contributed by atoms with Gasteiger partial charge in [0.1, 0.15) is 17.8 Å². The van der Waals surface area contributed by atoms with Crippen LogP contribution in [0.5, 0.6) is 5.75 Å². The summed E-state index contributed by atoms with van der Waals surface area (Å²) in [6, 6.07) is 13.1. The maximum absolute atomic E-state index is 6.20. The average molecular weight is 356 g/mol. The molecule has 128 valence electrons. The fourth-order valence-corrected chi connectivity index (χ4v) is 2.39. The lowest BCUT2D eigenvalue weighted by Crippen LogP contribution is -2.05. The normalized spacial score (nSPS) is 10.4. The van der Waals surface area contributed by atoms with E-state index in [0.29, 0.717) is 22.3 Å². The molecule has 0 unspecified atom stereocenters. The van der Waals surface area contributed by atoms with Crippen LogP contribution in [0.3, 0.4) is 0 Å². The zero-order valence-electron chi connectivity index (χ0n) is 13.9. The van der Waals surface area contributed by atoms with Crippen molar-refractivity contribution in [2.75, 3.05) is 23.5 Å². The van der Waals surface area contributed by atoms with Gasteiger partial charge in [0.15, 0.2) is 11.6 Å². The maximum Gasteiger partial charge on any atom is 0.159 e. The molecule has 0 bridgehead atoms. The van der Waals surface area contributed by atoms with Crippen LogP contribution in [-0.4, -0.2) is 17.1 Å². The lowest BCUT2D eigenvalue weighted by molar-refractivity contribution is 0.415. The molecule has 6 nitrogen and oxygen atoms in total. The number of anilines is 5. The third kappa shape index (κ3) is 3.92. The Labute approximate surface area is 151 Å². The topological polar surface area (TPSA) is 85.1 Å². The molecule has 0 aliphatic heterocycles. The number of nitrogens with zero attached hydrogens (tertiary/aromatic N) is 2. The van der Waals surface area contributed by atoms with Gasteiger partial charge in [0.05, 0.1) is 7.11 Å². The third-order valence-corrected chi connectivity index (χ3v) is 4.08. The van der Waals surface area contributed by atoms with Gasteiger partial charge in [0.25, 0.3) is 0 Å². The molecule has 0 atom stereocenters. The zero-order valence-corrected chi connectivity index (χ0v) is 14.6. The Bertz CT molecular complexity index is 883. The van der Waals surface area contributed by atoms with Crippen molar-refractivity contribution in [1.29, 1.82) is 0 Å². The Kier molecular flexibility index (Phi) is 4.90. The lowest BCUT2D eigenvalue weighted by Gasteiger charge is -2.13. The molecule has 0 radical (unpaired) electrons. The van der Waals surface area contributed by atoms with E-state index in [9.17, 15) is 0 Å². The van der Waals surface area contributed by atoms with Crippen molar-refractivity contribution < 1.29 is 4.74 Å². The van der Waals surface area contributed by atoms with Crippen molar-refractivity contribution in [1.82, 2.24) is 9.97 Å². The van der Waals surface area contributed by atoms with Crippen molar-refractivity contribution in [2.24, 2.45) is 0 Å². The summed E-state index contributed by atoms with van der Waals surface area (Å²) in [6.07, 6.45) is 1.44. The first-order valence-corrected chi connectivity index (χ1v) is 7.99. The van der Waals surface area contributed by atoms with E-state index in [1.807, 2.05) is 49.4 Å². The number of nitrogen functional groups attached to an aromatic ring is 1. The van der Waals surface area contributed by atoms with Crippen LogP contribution in [0.4, 0.5) is 28.7 Å². The highest BCUT2D eigenvalue weighted by molar-refractivity contribution is 6.31. The molecule has 3 rings (SSSR count). The fraction of sp³-hybridized carbons (Fsp3) is 0.111. The van der Waals surface area contributed by atoms with Crippen molar-refractivity contribution in [2.45, 2.75) is 6.92 Å². The van der Waals surface area contributed by atoms with E-state index in [0.717, 1.165) is 22.7 Å². The Balaban J connectivity index is 1.82. The molecule has 4 N–H and O–H groups in total. The third-order valence-electron chi connectivity index (χ3n) is 3.67. The number of benzene rings is 2. The molecule has 0 aliphatic rings. The summed E-state index contributed by atoms with van der Waals surface area (Å²) in [4.78, 5) is 8.41. The smallest absolute Gasteiger partial charge is 0.159 e. The van der Waals surface area contributed by atoms with Gasteiger partial charge in [0.2, 0.25) is 0 Å². The van der Waals surface area contributed by atoms with Gasteiger partial charge in [-0.2, -0.15) is 0 Å². The first kappa shape index (κ1) is 16.9. The van der Waals surface area contributed by atoms with E-state index in [-0.39, 0.29) is 0 Å². The second-order valence-corrected chi connectivity index (χ2v) is 5.83. The van der Waals surface area contributed by atoms with Gasteiger partial charge in [-0.25, -0.2) is 9.97 Å². The van der Waals surface area contributed by atoms with E-state index >= 15 is 0 Å². The van der Waals surface area contributed by atoms with Crippen LogP contribution < -0.4 is 21.1 Å². The SMILES string of the molecule is COc1ccc(Nc2ncnc(Nc3ccc(C)c(Cl)c3)c2N)cc1. The predicted molar refractivity (Wildman–Crippen MR) is 102 cm³/mol. The molecule has 7 heteroatoms. The Hall–Kier alpha value is -2.99. The van der Waals surface area contributed by atoms with Crippen molar-refractivity contribution in [3.63, 3.8) is 0 Å². The zero-order chi connectivity index (χ0) is 17.8. The van der Waals surface area contributed by atoms with Gasteiger partial charge in [-0.1, -0.05) is 17.7 Å². The van der Waals surface area contributed by atoms with E-state index in [1.165, 1.54) is 6.33 Å². The highest BCUT2D eigenvalue weighted by atomic mass is 35.5. The number of aromatic nitrogens is 2. The van der Waals surface area contributed by atoms with Gasteiger partial charge in [-0.15, -0.1) is 0 Å². The van der Waals surface area contributed by atoms with Gasteiger partial charge < -0.3 is 21.1 Å². The van der Waals surface area contributed by atoms with Gasteiger partial charge in [-0.05, 0) is 48.9 Å². The molecule has 0 fully saturated rings. The Morgan fingerprint density at radius 1 is 0.960 bits per heavy atom. The average Bonchev–Trinajstić information content (AvgIpc) is 2.62. The number of ether oxygens (including phenoxy) is 1. The van der Waals surface area contributed by atoms with Crippen molar-refractivity contribution in [3.8, 4) is 5.75 Å². The number of halogens is 1. The summed E-state index contributed by atoms with van der Waals surface area (Å²) in [6.45, 7) is 1.95. The predicted octanol–water partition coefficient (Wildman–Crippen LogP) is 4.52. The molecule has 1 heterocycles. The first-order chi connectivity index (χ1) is 12.1. The van der Waals surface area contributed by atoms with Gasteiger partial charge >= 0.3 is 0 Å². The maximum atomic E-state index is 6.20.